The zero-order valence-electron chi connectivity index (χ0n) is 6.83. The summed E-state index contributed by atoms with van der Waals surface area (Å²) in [6, 6.07) is 4.12. The fraction of sp³-hybridized carbons (Fsp3) is 0.778. The number of nitrogens with zero attached hydrogens (tertiary/aromatic N) is 2. The van der Waals surface area contributed by atoms with Gasteiger partial charge in [0.2, 0.25) is 0 Å². The second kappa shape index (κ2) is 4.48. The Kier molecular flexibility index (Phi) is 3.56. The first-order valence-electron chi connectivity index (χ1n) is 4.23. The van der Waals surface area contributed by atoms with Crippen LogP contribution in [0.25, 0.3) is 0 Å². The van der Waals surface area contributed by atoms with Gasteiger partial charge in [0.1, 0.15) is 5.92 Å². The molecule has 2 nitrogen and oxygen atoms in total. The maximum Gasteiger partial charge on any atom is 0.137 e. The summed E-state index contributed by atoms with van der Waals surface area (Å²) in [5.74, 6) is -0.177. The minimum atomic E-state index is -0.422. The van der Waals surface area contributed by atoms with Crippen LogP contribution in [-0.4, -0.2) is 4.83 Å². The van der Waals surface area contributed by atoms with Gasteiger partial charge in [-0.05, 0) is 12.8 Å². The minimum Gasteiger partial charge on any atom is -0.197 e. The van der Waals surface area contributed by atoms with Gasteiger partial charge in [-0.1, -0.05) is 28.8 Å². The van der Waals surface area contributed by atoms with Crippen LogP contribution in [0.2, 0.25) is 0 Å². The van der Waals surface area contributed by atoms with Crippen LogP contribution in [0, 0.1) is 34.5 Å². The second-order valence-corrected chi connectivity index (χ2v) is 4.38. The molecule has 0 saturated heterocycles. The highest BCUT2D eigenvalue weighted by atomic mass is 79.9. The van der Waals surface area contributed by atoms with Crippen LogP contribution in [0.15, 0.2) is 0 Å². The summed E-state index contributed by atoms with van der Waals surface area (Å²) in [5, 5.41) is 17.4. The molecular formula is C9H11BrN2. The zero-order valence-corrected chi connectivity index (χ0v) is 8.42. The Hall–Kier alpha value is -0.540. The molecule has 3 heteroatoms. The Morgan fingerprint density at radius 3 is 2.25 bits per heavy atom. The Bertz CT molecular complexity index is 212. The SMILES string of the molecule is N#CC(C#N)C1CCCCC1Br. The van der Waals surface area contributed by atoms with Crippen molar-refractivity contribution in [2.24, 2.45) is 11.8 Å². The molecule has 0 amide bonds. The Morgan fingerprint density at radius 2 is 1.75 bits per heavy atom. The van der Waals surface area contributed by atoms with E-state index in [1.165, 1.54) is 6.42 Å². The van der Waals surface area contributed by atoms with E-state index in [4.69, 9.17) is 10.5 Å². The third kappa shape index (κ3) is 1.99. The summed E-state index contributed by atoms with van der Waals surface area (Å²) in [7, 11) is 0. The molecular weight excluding hydrogens is 216 g/mol. The van der Waals surface area contributed by atoms with Crippen molar-refractivity contribution < 1.29 is 0 Å². The molecule has 1 aliphatic carbocycles. The Labute approximate surface area is 81.3 Å². The highest BCUT2D eigenvalue weighted by Crippen LogP contribution is 2.34. The minimum absolute atomic E-state index is 0.244. The van der Waals surface area contributed by atoms with Crippen LogP contribution in [-0.2, 0) is 0 Å². The first kappa shape index (κ1) is 9.55. The molecule has 0 heterocycles. The van der Waals surface area contributed by atoms with Gasteiger partial charge in [0.15, 0.2) is 0 Å². The lowest BCUT2D eigenvalue weighted by Gasteiger charge is -2.27. The monoisotopic (exact) mass is 226 g/mol. The number of halogens is 1. The summed E-state index contributed by atoms with van der Waals surface area (Å²) in [6.45, 7) is 0. The molecule has 2 unspecified atom stereocenters. The van der Waals surface area contributed by atoms with Crippen molar-refractivity contribution in [1.29, 1.82) is 10.5 Å². The van der Waals surface area contributed by atoms with Gasteiger partial charge in [-0.2, -0.15) is 10.5 Å². The van der Waals surface area contributed by atoms with E-state index in [1.54, 1.807) is 0 Å². The Balaban J connectivity index is 2.60. The summed E-state index contributed by atoms with van der Waals surface area (Å²) in [5.41, 5.74) is 0. The maximum absolute atomic E-state index is 8.70. The first-order valence-corrected chi connectivity index (χ1v) is 5.14. The van der Waals surface area contributed by atoms with Crippen LogP contribution < -0.4 is 0 Å². The molecule has 1 fully saturated rings. The highest BCUT2D eigenvalue weighted by molar-refractivity contribution is 9.09. The van der Waals surface area contributed by atoms with Crippen molar-refractivity contribution in [3.63, 3.8) is 0 Å². The molecule has 64 valence electrons. The number of nitriles is 2. The van der Waals surface area contributed by atoms with Gasteiger partial charge in [0.25, 0.3) is 0 Å². The van der Waals surface area contributed by atoms with Crippen molar-refractivity contribution in [3.8, 4) is 12.1 Å². The predicted molar refractivity (Wildman–Crippen MR) is 49.4 cm³/mol. The average molecular weight is 227 g/mol. The molecule has 0 N–H and O–H groups in total. The van der Waals surface area contributed by atoms with E-state index in [9.17, 15) is 0 Å². The van der Waals surface area contributed by atoms with Crippen molar-refractivity contribution in [1.82, 2.24) is 0 Å². The normalized spacial score (nSPS) is 29.3. The quantitative estimate of drug-likeness (QED) is 0.646. The number of alkyl halides is 1. The number of hydrogen-bond donors (Lipinski definition) is 0. The van der Waals surface area contributed by atoms with Crippen LogP contribution in [0.1, 0.15) is 25.7 Å². The molecule has 1 aliphatic rings. The molecule has 2 atom stereocenters. The van der Waals surface area contributed by atoms with E-state index in [0.29, 0.717) is 4.83 Å². The van der Waals surface area contributed by atoms with Gasteiger partial charge in [-0.3, -0.25) is 0 Å². The van der Waals surface area contributed by atoms with Crippen LogP contribution >= 0.6 is 15.9 Å². The van der Waals surface area contributed by atoms with E-state index in [-0.39, 0.29) is 5.92 Å². The lowest BCUT2D eigenvalue weighted by Crippen LogP contribution is -2.25. The molecule has 0 aliphatic heterocycles. The Morgan fingerprint density at radius 1 is 1.17 bits per heavy atom. The fourth-order valence-corrected chi connectivity index (χ4v) is 2.60. The molecule has 0 spiro atoms. The molecule has 0 aromatic carbocycles. The average Bonchev–Trinajstić information content (AvgIpc) is 2.10. The van der Waals surface area contributed by atoms with Gasteiger partial charge in [0.05, 0.1) is 12.1 Å². The predicted octanol–water partition coefficient (Wildman–Crippen LogP) is 2.60. The second-order valence-electron chi connectivity index (χ2n) is 3.20. The molecule has 0 aromatic rings. The van der Waals surface area contributed by atoms with Crippen molar-refractivity contribution in [2.75, 3.05) is 0 Å². The third-order valence-electron chi connectivity index (χ3n) is 2.44. The smallest absolute Gasteiger partial charge is 0.137 e. The standard InChI is InChI=1S/C9H11BrN2/c10-9-4-2-1-3-8(9)7(5-11)6-12/h7-9H,1-4H2. The largest absolute Gasteiger partial charge is 0.197 e. The molecule has 0 radical (unpaired) electrons. The first-order chi connectivity index (χ1) is 5.79. The van der Waals surface area contributed by atoms with Crippen LogP contribution in [0.3, 0.4) is 0 Å². The summed E-state index contributed by atoms with van der Waals surface area (Å²) in [4.78, 5) is 0.371. The van der Waals surface area contributed by atoms with Crippen molar-refractivity contribution in [2.45, 2.75) is 30.5 Å². The van der Waals surface area contributed by atoms with Gasteiger partial charge in [-0.25, -0.2) is 0 Å². The lowest BCUT2D eigenvalue weighted by atomic mass is 9.81. The van der Waals surface area contributed by atoms with Gasteiger partial charge < -0.3 is 0 Å². The summed E-state index contributed by atoms with van der Waals surface area (Å²) < 4.78 is 0. The van der Waals surface area contributed by atoms with Gasteiger partial charge >= 0.3 is 0 Å². The zero-order chi connectivity index (χ0) is 8.97. The summed E-state index contributed by atoms with van der Waals surface area (Å²) in [6.07, 6.45) is 4.49. The van der Waals surface area contributed by atoms with Crippen molar-refractivity contribution >= 4 is 15.9 Å². The van der Waals surface area contributed by atoms with Gasteiger partial charge in [-0.15, -0.1) is 0 Å². The van der Waals surface area contributed by atoms with Crippen molar-refractivity contribution in [3.05, 3.63) is 0 Å². The van der Waals surface area contributed by atoms with E-state index < -0.39 is 5.92 Å². The van der Waals surface area contributed by atoms with E-state index >= 15 is 0 Å². The van der Waals surface area contributed by atoms with Gasteiger partial charge in [0, 0.05) is 10.7 Å². The molecule has 1 rings (SSSR count). The van der Waals surface area contributed by atoms with Crippen LogP contribution in [0.4, 0.5) is 0 Å². The molecule has 0 bridgehead atoms. The maximum atomic E-state index is 8.70. The van der Waals surface area contributed by atoms with E-state index in [2.05, 4.69) is 28.1 Å². The fourth-order valence-electron chi connectivity index (χ4n) is 1.71. The molecule has 1 saturated carbocycles. The summed E-state index contributed by atoms with van der Waals surface area (Å²) >= 11 is 3.53. The molecule has 0 aromatic heterocycles. The van der Waals surface area contributed by atoms with Crippen LogP contribution in [0.5, 0.6) is 0 Å². The number of hydrogen-bond acceptors (Lipinski definition) is 2. The molecule has 12 heavy (non-hydrogen) atoms. The van der Waals surface area contributed by atoms with E-state index in [1.807, 2.05) is 0 Å². The number of rotatable bonds is 1. The van der Waals surface area contributed by atoms with E-state index in [0.717, 1.165) is 19.3 Å². The lowest BCUT2D eigenvalue weighted by molar-refractivity contribution is 0.342. The topological polar surface area (TPSA) is 47.6 Å². The third-order valence-corrected chi connectivity index (χ3v) is 3.58. The highest BCUT2D eigenvalue weighted by Gasteiger charge is 2.30.